The van der Waals surface area contributed by atoms with Crippen molar-refractivity contribution >= 4 is 5.97 Å². The molecule has 0 N–H and O–H groups in total. The van der Waals surface area contributed by atoms with Crippen LogP contribution in [-0.4, -0.2) is 30.6 Å². The Morgan fingerprint density at radius 1 is 1.28 bits per heavy atom. The first-order valence-corrected chi connectivity index (χ1v) is 6.64. The lowest BCUT2D eigenvalue weighted by atomic mass is 9.85. The van der Waals surface area contributed by atoms with E-state index in [1.54, 1.807) is 0 Å². The molecule has 2 fully saturated rings. The molecule has 1 heterocycles. The van der Waals surface area contributed by atoms with Crippen LogP contribution in [0, 0.1) is 5.92 Å². The van der Waals surface area contributed by atoms with Crippen molar-refractivity contribution in [1.29, 1.82) is 0 Å². The first kappa shape index (κ1) is 13.8. The summed E-state index contributed by atoms with van der Waals surface area (Å²) < 4.78 is 10.8. The van der Waals surface area contributed by atoms with Gasteiger partial charge in [0.1, 0.15) is 5.60 Å². The van der Waals surface area contributed by atoms with E-state index in [0.29, 0.717) is 26.1 Å². The summed E-state index contributed by atoms with van der Waals surface area (Å²) in [5, 5.41) is 0. The molecule has 0 aromatic heterocycles. The quantitative estimate of drug-likeness (QED) is 0.561. The first-order chi connectivity index (χ1) is 8.46. The highest BCUT2D eigenvalue weighted by Gasteiger charge is 2.46. The third-order valence-electron chi connectivity index (χ3n) is 3.47. The van der Waals surface area contributed by atoms with E-state index in [4.69, 9.17) is 19.2 Å². The Hall–Kier alpha value is -0.650. The summed E-state index contributed by atoms with van der Waals surface area (Å²) in [7, 11) is 0. The Balaban J connectivity index is 1.85. The maximum absolute atomic E-state index is 11.6. The zero-order valence-electron chi connectivity index (χ0n) is 11.4. The van der Waals surface area contributed by atoms with Gasteiger partial charge in [-0.15, -0.1) is 0 Å². The van der Waals surface area contributed by atoms with Gasteiger partial charge in [-0.1, -0.05) is 0 Å². The highest BCUT2D eigenvalue weighted by Crippen LogP contribution is 2.40. The lowest BCUT2D eigenvalue weighted by molar-refractivity contribution is -0.511. The molecule has 18 heavy (non-hydrogen) atoms. The topological polar surface area (TPSA) is 54.0 Å². The second-order valence-corrected chi connectivity index (χ2v) is 5.65. The van der Waals surface area contributed by atoms with Gasteiger partial charge < -0.3 is 9.47 Å². The Kier molecular flexibility index (Phi) is 3.94. The van der Waals surface area contributed by atoms with Crippen LogP contribution < -0.4 is 0 Å². The van der Waals surface area contributed by atoms with Gasteiger partial charge in [0.05, 0.1) is 19.1 Å². The summed E-state index contributed by atoms with van der Waals surface area (Å²) in [6, 6.07) is 0. The molecular weight excluding hydrogens is 236 g/mol. The summed E-state index contributed by atoms with van der Waals surface area (Å²) in [5.74, 6) is -0.791. The molecule has 5 heteroatoms. The number of hydrogen-bond donors (Lipinski definition) is 0. The van der Waals surface area contributed by atoms with Crippen LogP contribution in [0.3, 0.4) is 0 Å². The van der Waals surface area contributed by atoms with Gasteiger partial charge in [-0.25, -0.2) is 9.78 Å². The number of rotatable bonds is 2. The minimum atomic E-state index is -0.654. The molecule has 0 atom stereocenters. The molecule has 0 unspecified atom stereocenters. The van der Waals surface area contributed by atoms with E-state index in [2.05, 4.69) is 0 Å². The van der Waals surface area contributed by atoms with Gasteiger partial charge in [0.2, 0.25) is 5.79 Å². The highest BCUT2D eigenvalue weighted by molar-refractivity contribution is 5.72. The molecule has 104 valence electrons. The first-order valence-electron chi connectivity index (χ1n) is 6.64. The monoisotopic (exact) mass is 258 g/mol. The normalized spacial score (nSPS) is 35.4. The average molecular weight is 258 g/mol. The standard InChI is InChI=1S/C13H22O5/c1-4-15-11(14)10-5-7-13(8-6-10)16-9-12(2,3)17-18-13/h10H,4-9H2,1-3H3. The maximum Gasteiger partial charge on any atom is 0.308 e. The Bertz CT molecular complexity index is 293. The zero-order chi connectivity index (χ0) is 13.2. The lowest BCUT2D eigenvalue weighted by Crippen LogP contribution is -2.51. The summed E-state index contributed by atoms with van der Waals surface area (Å²) >= 11 is 0. The molecule has 1 aliphatic heterocycles. The van der Waals surface area contributed by atoms with Crippen LogP contribution in [0.5, 0.6) is 0 Å². The van der Waals surface area contributed by atoms with Gasteiger partial charge in [-0.3, -0.25) is 4.79 Å². The molecule has 0 aromatic carbocycles. The SMILES string of the molecule is CCOC(=O)C1CCC2(CC1)OCC(C)(C)OO2. The predicted molar refractivity (Wildman–Crippen MR) is 63.5 cm³/mol. The average Bonchev–Trinajstić information content (AvgIpc) is 2.35. The molecule has 1 aliphatic carbocycles. The van der Waals surface area contributed by atoms with E-state index in [9.17, 15) is 4.79 Å². The number of carbonyl (C=O) groups is 1. The molecule has 0 aromatic rings. The van der Waals surface area contributed by atoms with Crippen molar-refractivity contribution in [3.63, 3.8) is 0 Å². The van der Waals surface area contributed by atoms with Crippen molar-refractivity contribution in [3.05, 3.63) is 0 Å². The molecule has 0 bridgehead atoms. The van der Waals surface area contributed by atoms with Crippen LogP contribution in [0.2, 0.25) is 0 Å². The third-order valence-corrected chi connectivity index (χ3v) is 3.47. The van der Waals surface area contributed by atoms with Gasteiger partial charge in [0.15, 0.2) is 0 Å². The van der Waals surface area contributed by atoms with Crippen LogP contribution in [-0.2, 0) is 24.0 Å². The van der Waals surface area contributed by atoms with Crippen LogP contribution >= 0.6 is 0 Å². The zero-order valence-corrected chi connectivity index (χ0v) is 11.4. The molecule has 1 spiro atoms. The lowest BCUT2D eigenvalue weighted by Gasteiger charge is -2.44. The van der Waals surface area contributed by atoms with E-state index >= 15 is 0 Å². The molecule has 2 aliphatic rings. The molecule has 1 saturated carbocycles. The van der Waals surface area contributed by atoms with E-state index < -0.39 is 11.4 Å². The fourth-order valence-electron chi connectivity index (χ4n) is 2.32. The third kappa shape index (κ3) is 3.02. The van der Waals surface area contributed by atoms with Gasteiger partial charge in [-0.2, -0.15) is 0 Å². The second kappa shape index (κ2) is 5.15. The van der Waals surface area contributed by atoms with Gasteiger partial charge in [0, 0.05) is 12.8 Å². The number of carbonyl (C=O) groups excluding carboxylic acids is 1. The van der Waals surface area contributed by atoms with Crippen LogP contribution in [0.4, 0.5) is 0 Å². The Labute approximate surface area is 108 Å². The van der Waals surface area contributed by atoms with Crippen molar-refractivity contribution in [2.45, 2.75) is 57.8 Å². The van der Waals surface area contributed by atoms with Crippen molar-refractivity contribution in [2.24, 2.45) is 5.92 Å². The maximum atomic E-state index is 11.6. The Morgan fingerprint density at radius 2 is 1.94 bits per heavy atom. The Morgan fingerprint density at radius 3 is 2.44 bits per heavy atom. The van der Waals surface area contributed by atoms with Gasteiger partial charge in [0.25, 0.3) is 0 Å². The molecule has 2 rings (SSSR count). The van der Waals surface area contributed by atoms with Crippen molar-refractivity contribution < 1.29 is 24.0 Å². The van der Waals surface area contributed by atoms with E-state index in [1.807, 2.05) is 20.8 Å². The summed E-state index contributed by atoms with van der Waals surface area (Å²) in [5.41, 5.74) is -0.400. The van der Waals surface area contributed by atoms with E-state index in [1.165, 1.54) is 0 Å². The molecule has 5 nitrogen and oxygen atoms in total. The fraction of sp³-hybridized carbons (Fsp3) is 0.923. The number of ether oxygens (including phenoxy) is 2. The van der Waals surface area contributed by atoms with Crippen LogP contribution in [0.1, 0.15) is 46.5 Å². The van der Waals surface area contributed by atoms with E-state index in [0.717, 1.165) is 12.8 Å². The predicted octanol–water partition coefficient (Wildman–Crippen LogP) is 2.19. The number of hydrogen-bond acceptors (Lipinski definition) is 5. The van der Waals surface area contributed by atoms with Crippen molar-refractivity contribution in [3.8, 4) is 0 Å². The molecule has 0 amide bonds. The molecule has 0 radical (unpaired) electrons. The summed E-state index contributed by atoms with van der Waals surface area (Å²) in [6.07, 6.45) is 2.80. The summed E-state index contributed by atoms with van der Waals surface area (Å²) in [4.78, 5) is 22.4. The fourth-order valence-corrected chi connectivity index (χ4v) is 2.32. The van der Waals surface area contributed by atoms with Crippen molar-refractivity contribution in [1.82, 2.24) is 0 Å². The van der Waals surface area contributed by atoms with Gasteiger partial charge in [-0.05, 0) is 33.6 Å². The van der Waals surface area contributed by atoms with Crippen LogP contribution in [0.15, 0.2) is 0 Å². The minimum Gasteiger partial charge on any atom is -0.466 e. The largest absolute Gasteiger partial charge is 0.466 e. The molecule has 1 saturated heterocycles. The number of esters is 1. The smallest absolute Gasteiger partial charge is 0.308 e. The van der Waals surface area contributed by atoms with Crippen molar-refractivity contribution in [2.75, 3.05) is 13.2 Å². The molecular formula is C13H22O5. The summed E-state index contributed by atoms with van der Waals surface area (Å²) in [6.45, 7) is 6.61. The highest BCUT2D eigenvalue weighted by atomic mass is 17.2. The van der Waals surface area contributed by atoms with Gasteiger partial charge >= 0.3 is 5.97 Å². The minimum absolute atomic E-state index is 0.0299. The van der Waals surface area contributed by atoms with Crippen LogP contribution in [0.25, 0.3) is 0 Å². The van der Waals surface area contributed by atoms with E-state index in [-0.39, 0.29) is 11.9 Å². The second-order valence-electron chi connectivity index (χ2n) is 5.65.